The second-order valence-corrected chi connectivity index (χ2v) is 6.32. The van der Waals surface area contributed by atoms with E-state index >= 15 is 0 Å². The SMILES string of the molecule is BrCCN(c1nccc2cc3c(cc12)OCO3)C1CCC1. The molecule has 1 saturated carbocycles. The van der Waals surface area contributed by atoms with Gasteiger partial charge in [-0.15, -0.1) is 0 Å². The number of halogens is 1. The van der Waals surface area contributed by atoms with Crippen LogP contribution in [0.15, 0.2) is 24.4 Å². The van der Waals surface area contributed by atoms with E-state index in [-0.39, 0.29) is 0 Å². The van der Waals surface area contributed by atoms with Gasteiger partial charge in [-0.1, -0.05) is 15.9 Å². The van der Waals surface area contributed by atoms with Gasteiger partial charge < -0.3 is 14.4 Å². The van der Waals surface area contributed by atoms with E-state index in [1.807, 2.05) is 12.3 Å². The van der Waals surface area contributed by atoms with Crippen molar-refractivity contribution < 1.29 is 9.47 Å². The van der Waals surface area contributed by atoms with Crippen LogP contribution >= 0.6 is 15.9 Å². The summed E-state index contributed by atoms with van der Waals surface area (Å²) < 4.78 is 11.0. The van der Waals surface area contributed by atoms with Crippen molar-refractivity contribution in [3.05, 3.63) is 24.4 Å². The maximum absolute atomic E-state index is 5.52. The van der Waals surface area contributed by atoms with Crippen molar-refractivity contribution in [3.63, 3.8) is 0 Å². The Kier molecular flexibility index (Phi) is 3.37. The first kappa shape index (κ1) is 13.2. The Morgan fingerprint density at radius 3 is 2.76 bits per heavy atom. The second kappa shape index (κ2) is 5.37. The minimum Gasteiger partial charge on any atom is -0.454 e. The fourth-order valence-electron chi connectivity index (χ4n) is 3.03. The highest BCUT2D eigenvalue weighted by Crippen LogP contribution is 2.40. The highest BCUT2D eigenvalue weighted by atomic mass is 79.9. The summed E-state index contributed by atoms with van der Waals surface area (Å²) in [6.07, 6.45) is 5.73. The van der Waals surface area contributed by atoms with E-state index in [0.29, 0.717) is 12.8 Å². The molecular formula is C16H17BrN2O2. The van der Waals surface area contributed by atoms with Crippen LogP contribution in [0.3, 0.4) is 0 Å². The second-order valence-electron chi connectivity index (χ2n) is 5.53. The van der Waals surface area contributed by atoms with Crippen molar-refractivity contribution in [3.8, 4) is 11.5 Å². The smallest absolute Gasteiger partial charge is 0.231 e. The molecule has 0 atom stereocenters. The van der Waals surface area contributed by atoms with Crippen molar-refractivity contribution in [1.82, 2.24) is 4.98 Å². The largest absolute Gasteiger partial charge is 0.454 e. The first-order valence-electron chi connectivity index (χ1n) is 7.38. The van der Waals surface area contributed by atoms with E-state index in [1.54, 1.807) is 0 Å². The highest BCUT2D eigenvalue weighted by Gasteiger charge is 2.27. The number of alkyl halides is 1. The number of pyridine rings is 1. The molecule has 0 amide bonds. The van der Waals surface area contributed by atoms with Crippen LogP contribution in [0.25, 0.3) is 10.8 Å². The van der Waals surface area contributed by atoms with Crippen molar-refractivity contribution in [1.29, 1.82) is 0 Å². The molecule has 1 aliphatic heterocycles. The average molecular weight is 349 g/mol. The minimum atomic E-state index is 0.308. The van der Waals surface area contributed by atoms with Gasteiger partial charge in [0.05, 0.1) is 0 Å². The molecule has 1 aromatic heterocycles. The zero-order chi connectivity index (χ0) is 14.2. The van der Waals surface area contributed by atoms with Gasteiger partial charge >= 0.3 is 0 Å². The van der Waals surface area contributed by atoms with E-state index in [2.05, 4.69) is 37.9 Å². The molecule has 4 nitrogen and oxygen atoms in total. The van der Waals surface area contributed by atoms with E-state index in [9.17, 15) is 0 Å². The van der Waals surface area contributed by atoms with Crippen LogP contribution in [0.2, 0.25) is 0 Å². The topological polar surface area (TPSA) is 34.6 Å². The Hall–Kier alpha value is -1.49. The van der Waals surface area contributed by atoms with E-state index in [0.717, 1.165) is 40.0 Å². The van der Waals surface area contributed by atoms with E-state index in [4.69, 9.17) is 9.47 Å². The molecule has 0 bridgehead atoms. The number of rotatable bonds is 4. The van der Waals surface area contributed by atoms with Crippen LogP contribution in [0.5, 0.6) is 11.5 Å². The summed E-state index contributed by atoms with van der Waals surface area (Å²) >= 11 is 3.57. The summed E-state index contributed by atoms with van der Waals surface area (Å²) in [5.41, 5.74) is 0. The molecule has 1 aliphatic carbocycles. The molecule has 4 rings (SSSR count). The van der Waals surface area contributed by atoms with Crippen LogP contribution in [0.1, 0.15) is 19.3 Å². The fourth-order valence-corrected chi connectivity index (χ4v) is 3.41. The van der Waals surface area contributed by atoms with Crippen molar-refractivity contribution in [2.45, 2.75) is 25.3 Å². The van der Waals surface area contributed by atoms with Crippen molar-refractivity contribution >= 4 is 32.5 Å². The third-order valence-electron chi connectivity index (χ3n) is 4.35. The quantitative estimate of drug-likeness (QED) is 0.788. The van der Waals surface area contributed by atoms with Gasteiger partial charge in [-0.2, -0.15) is 0 Å². The van der Waals surface area contributed by atoms with Gasteiger partial charge in [0.25, 0.3) is 0 Å². The van der Waals surface area contributed by atoms with E-state index in [1.165, 1.54) is 19.3 Å². The number of hydrogen-bond donors (Lipinski definition) is 0. The summed E-state index contributed by atoms with van der Waals surface area (Å²) in [4.78, 5) is 7.10. The molecule has 1 fully saturated rings. The minimum absolute atomic E-state index is 0.308. The number of fused-ring (bicyclic) bond motifs is 2. The molecule has 0 unspecified atom stereocenters. The Morgan fingerprint density at radius 1 is 1.24 bits per heavy atom. The van der Waals surface area contributed by atoms with Gasteiger partial charge in [-0.05, 0) is 42.8 Å². The zero-order valence-electron chi connectivity index (χ0n) is 11.7. The van der Waals surface area contributed by atoms with Gasteiger partial charge in [0.2, 0.25) is 6.79 Å². The lowest BCUT2D eigenvalue weighted by Crippen LogP contribution is -2.42. The molecule has 110 valence electrons. The van der Waals surface area contributed by atoms with E-state index < -0.39 is 0 Å². The van der Waals surface area contributed by atoms with Gasteiger partial charge in [0, 0.05) is 29.5 Å². The van der Waals surface area contributed by atoms with Gasteiger partial charge in [0.1, 0.15) is 5.82 Å². The molecule has 2 aromatic rings. The number of ether oxygens (including phenoxy) is 2. The number of nitrogens with zero attached hydrogens (tertiary/aromatic N) is 2. The van der Waals surface area contributed by atoms with Gasteiger partial charge in [0.15, 0.2) is 11.5 Å². The first-order valence-corrected chi connectivity index (χ1v) is 8.50. The number of aromatic nitrogens is 1. The van der Waals surface area contributed by atoms with Gasteiger partial charge in [-0.3, -0.25) is 0 Å². The molecular weight excluding hydrogens is 332 g/mol. The summed E-state index contributed by atoms with van der Waals surface area (Å²) in [6, 6.07) is 6.77. The predicted molar refractivity (Wildman–Crippen MR) is 86.6 cm³/mol. The van der Waals surface area contributed by atoms with Gasteiger partial charge in [-0.25, -0.2) is 4.98 Å². The third-order valence-corrected chi connectivity index (χ3v) is 4.70. The first-order chi connectivity index (χ1) is 10.4. The van der Waals surface area contributed by atoms with Crippen LogP contribution in [0, 0.1) is 0 Å². The molecule has 0 radical (unpaired) electrons. The molecule has 2 aliphatic rings. The third kappa shape index (κ3) is 2.24. The lowest BCUT2D eigenvalue weighted by Gasteiger charge is -2.38. The molecule has 0 spiro atoms. The van der Waals surface area contributed by atoms with Crippen LogP contribution < -0.4 is 14.4 Å². The summed E-state index contributed by atoms with van der Waals surface area (Å²) in [5.74, 6) is 2.72. The molecule has 1 aromatic carbocycles. The highest BCUT2D eigenvalue weighted by molar-refractivity contribution is 9.09. The summed E-state index contributed by atoms with van der Waals surface area (Å²) in [7, 11) is 0. The normalized spacial score (nSPS) is 17.0. The summed E-state index contributed by atoms with van der Waals surface area (Å²) in [6.45, 7) is 1.29. The standard InChI is InChI=1S/C16H17BrN2O2/c17-5-7-19(12-2-1-3-12)16-13-9-15-14(20-10-21-15)8-11(13)4-6-18-16/h4,6,8-9,12H,1-3,5,7,10H2. The maximum atomic E-state index is 5.52. The zero-order valence-corrected chi connectivity index (χ0v) is 13.3. The molecule has 21 heavy (non-hydrogen) atoms. The molecule has 2 heterocycles. The van der Waals surface area contributed by atoms with Crippen molar-refractivity contribution in [2.75, 3.05) is 23.6 Å². The predicted octanol–water partition coefficient (Wildman–Crippen LogP) is 3.72. The number of anilines is 1. The Bertz CT molecular complexity index is 673. The maximum Gasteiger partial charge on any atom is 0.231 e. The molecule has 5 heteroatoms. The van der Waals surface area contributed by atoms with Crippen LogP contribution in [-0.4, -0.2) is 29.7 Å². The summed E-state index contributed by atoms with van der Waals surface area (Å²) in [5, 5.41) is 3.25. The monoisotopic (exact) mass is 348 g/mol. The lowest BCUT2D eigenvalue weighted by molar-refractivity contribution is 0.174. The van der Waals surface area contributed by atoms with Crippen LogP contribution in [0.4, 0.5) is 5.82 Å². The lowest BCUT2D eigenvalue weighted by atomic mass is 9.91. The average Bonchev–Trinajstić information content (AvgIpc) is 2.89. The molecule has 0 saturated heterocycles. The number of benzene rings is 1. The Balaban J connectivity index is 1.83. The Labute approximate surface area is 132 Å². The van der Waals surface area contributed by atoms with Crippen LogP contribution in [-0.2, 0) is 0 Å². The molecule has 0 N–H and O–H groups in total. The Morgan fingerprint density at radius 2 is 2.05 bits per heavy atom. The number of hydrogen-bond acceptors (Lipinski definition) is 4. The van der Waals surface area contributed by atoms with Crippen molar-refractivity contribution in [2.24, 2.45) is 0 Å². The fraction of sp³-hybridized carbons (Fsp3) is 0.438.